The van der Waals surface area contributed by atoms with Gasteiger partial charge in [-0.3, -0.25) is 14.9 Å². The van der Waals surface area contributed by atoms with Crippen molar-refractivity contribution < 1.29 is 19.2 Å². The van der Waals surface area contributed by atoms with Crippen LogP contribution < -0.4 is 10.5 Å². The van der Waals surface area contributed by atoms with E-state index in [2.05, 4.69) is 0 Å². The minimum absolute atomic E-state index is 0.00101. The van der Waals surface area contributed by atoms with Crippen LogP contribution in [0.4, 0.5) is 5.69 Å². The van der Waals surface area contributed by atoms with Crippen LogP contribution in [0.25, 0.3) is 0 Å². The van der Waals surface area contributed by atoms with Gasteiger partial charge < -0.3 is 15.2 Å². The molecule has 0 saturated carbocycles. The van der Waals surface area contributed by atoms with Gasteiger partial charge in [-0.05, 0) is 13.0 Å². The predicted octanol–water partition coefficient (Wildman–Crippen LogP) is 1.73. The fourth-order valence-electron chi connectivity index (χ4n) is 1.60. The van der Waals surface area contributed by atoms with Gasteiger partial charge in [-0.1, -0.05) is 0 Å². The summed E-state index contributed by atoms with van der Waals surface area (Å²) in [5.41, 5.74) is 6.37. The van der Waals surface area contributed by atoms with Crippen molar-refractivity contribution in [2.24, 2.45) is 5.73 Å². The van der Waals surface area contributed by atoms with Crippen molar-refractivity contribution in [2.75, 3.05) is 19.5 Å². The highest BCUT2D eigenvalue weighted by atomic mass is 32.2. The Morgan fingerprint density at radius 2 is 2.24 bits per heavy atom. The molecule has 0 bridgehead atoms. The molecule has 0 radical (unpaired) electrons. The van der Waals surface area contributed by atoms with Gasteiger partial charge in [-0.15, -0.1) is 0 Å². The summed E-state index contributed by atoms with van der Waals surface area (Å²) in [5.74, 6) is 0.941. The SMILES string of the molecule is CCOC(=O)C(N)CSCc1cc([N+](=O)[O-])ccc1OC. The molecule has 1 aromatic carbocycles. The Labute approximate surface area is 126 Å². The van der Waals surface area contributed by atoms with E-state index in [0.29, 0.717) is 22.8 Å². The standard InChI is InChI=1S/C13H18N2O5S/c1-3-20-13(16)11(14)8-21-7-9-6-10(15(17)18)4-5-12(9)19-2/h4-6,11H,3,7-8,14H2,1-2H3. The highest BCUT2D eigenvalue weighted by Crippen LogP contribution is 2.27. The molecule has 1 rings (SSSR count). The quantitative estimate of drug-likeness (QED) is 0.442. The number of thioether (sulfide) groups is 1. The lowest BCUT2D eigenvalue weighted by molar-refractivity contribution is -0.384. The van der Waals surface area contributed by atoms with Crippen molar-refractivity contribution in [3.05, 3.63) is 33.9 Å². The number of esters is 1. The number of benzene rings is 1. The van der Waals surface area contributed by atoms with E-state index in [-0.39, 0.29) is 12.3 Å². The van der Waals surface area contributed by atoms with Crippen LogP contribution in [0.1, 0.15) is 12.5 Å². The number of methoxy groups -OCH3 is 1. The molecule has 0 aliphatic heterocycles. The number of carbonyl (C=O) groups is 1. The molecule has 7 nitrogen and oxygen atoms in total. The molecule has 0 aliphatic rings. The number of nitrogens with zero attached hydrogens (tertiary/aromatic N) is 1. The maximum atomic E-state index is 11.4. The monoisotopic (exact) mass is 314 g/mol. The molecule has 1 atom stereocenters. The normalized spacial score (nSPS) is 11.8. The zero-order chi connectivity index (χ0) is 15.8. The van der Waals surface area contributed by atoms with Gasteiger partial charge >= 0.3 is 5.97 Å². The van der Waals surface area contributed by atoms with Gasteiger partial charge in [-0.2, -0.15) is 11.8 Å². The Bertz CT molecular complexity index is 509. The third-order valence-electron chi connectivity index (χ3n) is 2.62. The number of rotatable bonds is 8. The van der Waals surface area contributed by atoms with Crippen LogP contribution >= 0.6 is 11.8 Å². The topological polar surface area (TPSA) is 105 Å². The molecule has 2 N–H and O–H groups in total. The first-order valence-corrected chi connectivity index (χ1v) is 7.46. The van der Waals surface area contributed by atoms with Crippen molar-refractivity contribution in [1.82, 2.24) is 0 Å². The average molecular weight is 314 g/mol. The number of nitro groups is 1. The Balaban J connectivity index is 2.63. The Morgan fingerprint density at radius 3 is 2.81 bits per heavy atom. The molecular weight excluding hydrogens is 296 g/mol. The summed E-state index contributed by atoms with van der Waals surface area (Å²) >= 11 is 1.39. The number of hydrogen-bond acceptors (Lipinski definition) is 7. The van der Waals surface area contributed by atoms with E-state index in [1.807, 2.05) is 0 Å². The van der Waals surface area contributed by atoms with Crippen molar-refractivity contribution in [2.45, 2.75) is 18.7 Å². The molecule has 116 valence electrons. The van der Waals surface area contributed by atoms with Crippen LogP contribution in [0.15, 0.2) is 18.2 Å². The fraction of sp³-hybridized carbons (Fsp3) is 0.462. The first-order chi connectivity index (χ1) is 9.99. The third-order valence-corrected chi connectivity index (χ3v) is 3.73. The molecule has 1 unspecified atom stereocenters. The number of ether oxygens (including phenoxy) is 2. The van der Waals surface area contributed by atoms with Gasteiger partial charge in [0.2, 0.25) is 0 Å². The molecule has 0 saturated heterocycles. The third kappa shape index (κ3) is 5.24. The highest BCUT2D eigenvalue weighted by Gasteiger charge is 2.16. The zero-order valence-electron chi connectivity index (χ0n) is 11.9. The van der Waals surface area contributed by atoms with Gasteiger partial charge in [-0.25, -0.2) is 0 Å². The van der Waals surface area contributed by atoms with Crippen LogP contribution in [0.5, 0.6) is 5.75 Å². The van der Waals surface area contributed by atoms with E-state index in [1.54, 1.807) is 13.0 Å². The highest BCUT2D eigenvalue weighted by molar-refractivity contribution is 7.98. The number of nitrogens with two attached hydrogens (primary N) is 1. The van der Waals surface area contributed by atoms with Crippen molar-refractivity contribution in [3.8, 4) is 5.75 Å². The smallest absolute Gasteiger partial charge is 0.323 e. The molecule has 0 amide bonds. The van der Waals surface area contributed by atoms with E-state index in [4.69, 9.17) is 15.2 Å². The van der Waals surface area contributed by atoms with Gasteiger partial charge in [0.1, 0.15) is 11.8 Å². The number of non-ortho nitro benzene ring substituents is 1. The number of hydrogen-bond donors (Lipinski definition) is 1. The summed E-state index contributed by atoms with van der Waals surface area (Å²) < 4.78 is 9.98. The van der Waals surface area contributed by atoms with E-state index in [0.717, 1.165) is 0 Å². The van der Waals surface area contributed by atoms with Gasteiger partial charge in [0.25, 0.3) is 5.69 Å². The first kappa shape index (κ1) is 17.3. The first-order valence-electron chi connectivity index (χ1n) is 6.30. The van der Waals surface area contributed by atoms with Gasteiger partial charge in [0.15, 0.2) is 0 Å². The Hall–Kier alpha value is -1.80. The molecule has 0 fully saturated rings. The van der Waals surface area contributed by atoms with E-state index in [9.17, 15) is 14.9 Å². The number of carbonyl (C=O) groups excluding carboxylic acids is 1. The summed E-state index contributed by atoms with van der Waals surface area (Å²) in [4.78, 5) is 21.7. The molecule has 0 aromatic heterocycles. The van der Waals surface area contributed by atoms with Crippen LogP contribution in [0.2, 0.25) is 0 Å². The van der Waals surface area contributed by atoms with E-state index < -0.39 is 16.9 Å². The van der Waals surface area contributed by atoms with E-state index >= 15 is 0 Å². The fourth-order valence-corrected chi connectivity index (χ4v) is 2.56. The molecule has 8 heteroatoms. The van der Waals surface area contributed by atoms with Gasteiger partial charge in [0.05, 0.1) is 18.6 Å². The van der Waals surface area contributed by atoms with Crippen LogP contribution in [-0.4, -0.2) is 36.4 Å². The summed E-state index contributed by atoms with van der Waals surface area (Å²) in [6.07, 6.45) is 0. The second kappa shape index (κ2) is 8.48. The molecule has 1 aromatic rings. The van der Waals surface area contributed by atoms with Crippen molar-refractivity contribution in [3.63, 3.8) is 0 Å². The number of nitro benzene ring substituents is 1. The minimum atomic E-state index is -0.709. The van der Waals surface area contributed by atoms with Crippen molar-refractivity contribution >= 4 is 23.4 Å². The molecule has 0 heterocycles. The maximum Gasteiger partial charge on any atom is 0.323 e. The summed E-state index contributed by atoms with van der Waals surface area (Å²) in [6.45, 7) is 2.00. The van der Waals surface area contributed by atoms with E-state index in [1.165, 1.54) is 31.0 Å². The minimum Gasteiger partial charge on any atom is -0.496 e. The molecule has 0 spiro atoms. The lowest BCUT2D eigenvalue weighted by Crippen LogP contribution is -2.34. The Morgan fingerprint density at radius 1 is 1.52 bits per heavy atom. The molecule has 0 aliphatic carbocycles. The second-order valence-electron chi connectivity index (χ2n) is 4.13. The van der Waals surface area contributed by atoms with Gasteiger partial charge in [0, 0.05) is 29.2 Å². The Kier molecular flexibility index (Phi) is 6.97. The predicted molar refractivity (Wildman–Crippen MR) is 80.4 cm³/mol. The van der Waals surface area contributed by atoms with Crippen molar-refractivity contribution in [1.29, 1.82) is 0 Å². The lowest BCUT2D eigenvalue weighted by Gasteiger charge is -2.11. The second-order valence-corrected chi connectivity index (χ2v) is 5.16. The summed E-state index contributed by atoms with van der Waals surface area (Å²) in [7, 11) is 1.50. The van der Waals surface area contributed by atoms with Crippen LogP contribution in [0, 0.1) is 10.1 Å². The summed E-state index contributed by atoms with van der Waals surface area (Å²) in [6, 6.07) is 3.69. The average Bonchev–Trinajstić information content (AvgIpc) is 2.47. The van der Waals surface area contributed by atoms with Crippen LogP contribution in [-0.2, 0) is 15.3 Å². The zero-order valence-corrected chi connectivity index (χ0v) is 12.7. The molecule has 21 heavy (non-hydrogen) atoms. The summed E-state index contributed by atoms with van der Waals surface area (Å²) in [5, 5.41) is 10.8. The maximum absolute atomic E-state index is 11.4. The largest absolute Gasteiger partial charge is 0.496 e. The van der Waals surface area contributed by atoms with Crippen LogP contribution in [0.3, 0.4) is 0 Å². The lowest BCUT2D eigenvalue weighted by atomic mass is 10.2. The molecular formula is C13H18N2O5S.